The van der Waals surface area contributed by atoms with E-state index in [0.717, 1.165) is 10.2 Å². The van der Waals surface area contributed by atoms with E-state index in [4.69, 9.17) is 4.42 Å². The largest absolute Gasteiger partial charge is 0.506 e. The number of phenolic OH excluding ortho intramolecular Hbond substituents is 1. The van der Waals surface area contributed by atoms with E-state index in [2.05, 4.69) is 48.5 Å². The molecule has 0 saturated carbocycles. The van der Waals surface area contributed by atoms with E-state index in [1.54, 1.807) is 35.4 Å². The summed E-state index contributed by atoms with van der Waals surface area (Å²) in [5.74, 6) is 0.806. The van der Waals surface area contributed by atoms with Crippen LogP contribution in [0, 0.1) is 0 Å². The minimum absolute atomic E-state index is 0.118. The first kappa shape index (κ1) is 17.9. The van der Waals surface area contributed by atoms with E-state index >= 15 is 0 Å². The van der Waals surface area contributed by atoms with Crippen LogP contribution in [0.15, 0.2) is 72.0 Å². The highest BCUT2D eigenvalue weighted by atomic mass is 79.9. The Labute approximate surface area is 164 Å². The summed E-state index contributed by atoms with van der Waals surface area (Å²) in [4.78, 5) is 5.16. The second kappa shape index (κ2) is 7.99. The predicted octanol–water partition coefficient (Wildman–Crippen LogP) is 5.01. The fourth-order valence-corrected chi connectivity index (χ4v) is 4.15. The smallest absolute Gasteiger partial charge is 0.206 e. The Balaban J connectivity index is 2.10. The second-order valence-corrected chi connectivity index (χ2v) is 7.50. The van der Waals surface area contributed by atoms with E-state index in [-0.39, 0.29) is 5.75 Å². The number of hydrogen-bond donors (Lipinski definition) is 1. The van der Waals surface area contributed by atoms with Crippen molar-refractivity contribution >= 4 is 49.4 Å². The van der Waals surface area contributed by atoms with Gasteiger partial charge in [-0.25, -0.2) is 4.68 Å². The van der Waals surface area contributed by atoms with Gasteiger partial charge in [0.05, 0.1) is 23.5 Å². The van der Waals surface area contributed by atoms with Crippen molar-refractivity contribution in [3.8, 4) is 17.2 Å². The second-order valence-electron chi connectivity index (χ2n) is 4.89. The normalized spacial score (nSPS) is 12.2. The Hall–Kier alpha value is -1.90. The molecule has 0 aliphatic heterocycles. The molecule has 0 aliphatic rings. The van der Waals surface area contributed by atoms with Crippen molar-refractivity contribution in [3.05, 3.63) is 67.9 Å². The van der Waals surface area contributed by atoms with Gasteiger partial charge in [0.15, 0.2) is 5.76 Å². The van der Waals surface area contributed by atoms with Gasteiger partial charge in [0.25, 0.3) is 0 Å². The molecule has 3 rings (SSSR count). The van der Waals surface area contributed by atoms with Crippen molar-refractivity contribution in [1.29, 1.82) is 0 Å². The lowest BCUT2D eigenvalue weighted by molar-refractivity contribution is 0.471. The molecule has 128 valence electrons. The van der Waals surface area contributed by atoms with Gasteiger partial charge >= 0.3 is 0 Å². The van der Waals surface area contributed by atoms with Crippen LogP contribution in [0.5, 0.6) is 5.75 Å². The van der Waals surface area contributed by atoms with Gasteiger partial charge in [-0.3, -0.25) is 4.99 Å². The highest BCUT2D eigenvalue weighted by molar-refractivity contribution is 9.11. The number of halogens is 2. The Bertz CT molecular complexity index is 988. The van der Waals surface area contributed by atoms with Crippen molar-refractivity contribution in [1.82, 2.24) is 4.68 Å². The van der Waals surface area contributed by atoms with Crippen LogP contribution >= 0.6 is 43.2 Å². The lowest BCUT2D eigenvalue weighted by atomic mass is 10.2. The van der Waals surface area contributed by atoms with Crippen LogP contribution in [0.2, 0.25) is 0 Å². The number of thiazole rings is 1. The lowest BCUT2D eigenvalue weighted by Gasteiger charge is -2.04. The van der Waals surface area contributed by atoms with Gasteiger partial charge < -0.3 is 9.52 Å². The Kier molecular flexibility index (Phi) is 5.72. The first-order chi connectivity index (χ1) is 12.1. The van der Waals surface area contributed by atoms with Gasteiger partial charge in [0, 0.05) is 15.4 Å². The quantitative estimate of drug-likeness (QED) is 0.410. The molecule has 0 unspecified atom stereocenters. The number of benzene rings is 1. The molecule has 0 atom stereocenters. The highest BCUT2D eigenvalue weighted by Crippen LogP contribution is 2.30. The van der Waals surface area contributed by atoms with Gasteiger partial charge in [0.1, 0.15) is 11.4 Å². The van der Waals surface area contributed by atoms with Gasteiger partial charge in [-0.1, -0.05) is 22.0 Å². The maximum atomic E-state index is 10.2. The molecule has 25 heavy (non-hydrogen) atoms. The molecule has 0 bridgehead atoms. The average molecular weight is 483 g/mol. The number of aromatic nitrogens is 1. The minimum Gasteiger partial charge on any atom is -0.506 e. The summed E-state index contributed by atoms with van der Waals surface area (Å²) in [5, 5.41) is 16.6. The third-order valence-corrected chi connectivity index (χ3v) is 5.10. The van der Waals surface area contributed by atoms with E-state index in [1.807, 2.05) is 17.5 Å². The monoisotopic (exact) mass is 481 g/mol. The van der Waals surface area contributed by atoms with E-state index in [9.17, 15) is 5.11 Å². The molecule has 0 aliphatic carbocycles. The molecule has 2 heterocycles. The molecular weight excluding hydrogens is 470 g/mol. The summed E-state index contributed by atoms with van der Waals surface area (Å²) in [6, 6.07) is 7.23. The minimum atomic E-state index is 0.118. The van der Waals surface area contributed by atoms with E-state index in [0.29, 0.717) is 27.1 Å². The van der Waals surface area contributed by atoms with E-state index in [1.165, 1.54) is 11.3 Å². The Morgan fingerprint density at radius 3 is 2.92 bits per heavy atom. The zero-order valence-electron chi connectivity index (χ0n) is 12.9. The third kappa shape index (κ3) is 4.02. The fraction of sp³-hybridized carbons (Fsp3) is 0.0588. The zero-order valence-corrected chi connectivity index (χ0v) is 16.9. The molecule has 5 nitrogen and oxygen atoms in total. The van der Waals surface area contributed by atoms with Crippen molar-refractivity contribution in [2.75, 3.05) is 6.54 Å². The molecule has 0 fully saturated rings. The maximum absolute atomic E-state index is 10.2. The topological polar surface area (TPSA) is 63.0 Å². The van der Waals surface area contributed by atoms with Crippen LogP contribution < -0.4 is 4.80 Å². The summed E-state index contributed by atoms with van der Waals surface area (Å²) in [6.45, 7) is 4.18. The van der Waals surface area contributed by atoms with Gasteiger partial charge in [-0.2, -0.15) is 5.10 Å². The van der Waals surface area contributed by atoms with Gasteiger partial charge in [-0.05, 0) is 40.2 Å². The molecule has 2 aromatic heterocycles. The molecule has 0 radical (unpaired) electrons. The van der Waals surface area contributed by atoms with Crippen molar-refractivity contribution < 1.29 is 9.52 Å². The van der Waals surface area contributed by atoms with Crippen molar-refractivity contribution in [3.63, 3.8) is 0 Å². The highest BCUT2D eigenvalue weighted by Gasteiger charge is 2.10. The first-order valence-electron chi connectivity index (χ1n) is 7.18. The molecule has 0 saturated heterocycles. The lowest BCUT2D eigenvalue weighted by Crippen LogP contribution is -2.12. The molecule has 1 aromatic carbocycles. The van der Waals surface area contributed by atoms with Crippen LogP contribution in [-0.4, -0.2) is 22.5 Å². The third-order valence-electron chi connectivity index (χ3n) is 3.18. The summed E-state index contributed by atoms with van der Waals surface area (Å²) >= 11 is 8.18. The number of nitrogens with zero attached hydrogens (tertiary/aromatic N) is 3. The number of aromatic hydroxyl groups is 1. The Morgan fingerprint density at radius 2 is 2.20 bits per heavy atom. The van der Waals surface area contributed by atoms with Gasteiger partial charge in [-0.15, -0.1) is 17.9 Å². The molecule has 3 aromatic rings. The standard InChI is InChI=1S/C17H13Br2N3O2S/c1-2-5-20-17-22(14(10-25-17)15-4-3-6-24-15)21-9-11-7-12(18)8-13(19)16(11)23/h2-4,6-10,23H,1,5H2. The molecular formula is C17H13Br2N3O2S. The molecule has 0 spiro atoms. The summed E-state index contributed by atoms with van der Waals surface area (Å²) in [7, 11) is 0. The zero-order chi connectivity index (χ0) is 17.8. The van der Waals surface area contributed by atoms with Crippen LogP contribution in [0.1, 0.15) is 5.56 Å². The summed E-state index contributed by atoms with van der Waals surface area (Å²) in [6.07, 6.45) is 4.91. The number of rotatable bonds is 5. The van der Waals surface area contributed by atoms with Crippen molar-refractivity contribution in [2.24, 2.45) is 10.1 Å². The van der Waals surface area contributed by atoms with Crippen LogP contribution in [0.25, 0.3) is 11.5 Å². The molecule has 8 heteroatoms. The first-order valence-corrected chi connectivity index (χ1v) is 9.65. The van der Waals surface area contributed by atoms with Crippen molar-refractivity contribution in [2.45, 2.75) is 0 Å². The molecule has 1 N–H and O–H groups in total. The predicted molar refractivity (Wildman–Crippen MR) is 107 cm³/mol. The number of hydrogen-bond acceptors (Lipinski definition) is 5. The van der Waals surface area contributed by atoms with Crippen LogP contribution in [-0.2, 0) is 0 Å². The maximum Gasteiger partial charge on any atom is 0.206 e. The van der Waals surface area contributed by atoms with Gasteiger partial charge in [0.2, 0.25) is 4.80 Å². The van der Waals surface area contributed by atoms with Crippen LogP contribution in [0.3, 0.4) is 0 Å². The van der Waals surface area contributed by atoms with Crippen LogP contribution in [0.4, 0.5) is 0 Å². The SMILES string of the molecule is C=CCN=c1scc(-c2ccco2)n1N=Cc1cc(Br)cc(Br)c1O. The van der Waals surface area contributed by atoms with E-state index < -0.39 is 0 Å². The molecule has 0 amide bonds. The summed E-state index contributed by atoms with van der Waals surface area (Å²) < 4.78 is 8.57. The number of phenols is 1. The average Bonchev–Trinajstić information content (AvgIpc) is 3.24. The fourth-order valence-electron chi connectivity index (χ4n) is 2.06. The Morgan fingerprint density at radius 1 is 1.36 bits per heavy atom. The summed E-state index contributed by atoms with van der Waals surface area (Å²) in [5.41, 5.74) is 1.35. The number of furan rings is 1.